The summed E-state index contributed by atoms with van der Waals surface area (Å²) in [5, 5.41) is 9.52. The van der Waals surface area contributed by atoms with Gasteiger partial charge in [0.1, 0.15) is 5.75 Å². The Kier molecular flexibility index (Phi) is 4.87. The van der Waals surface area contributed by atoms with E-state index in [4.69, 9.17) is 16.7 Å². The van der Waals surface area contributed by atoms with E-state index in [1.165, 1.54) is 0 Å². The number of benzene rings is 2. The van der Waals surface area contributed by atoms with Gasteiger partial charge in [-0.2, -0.15) is 0 Å². The molecule has 0 aromatic heterocycles. The second-order valence-electron chi connectivity index (χ2n) is 3.54. The van der Waals surface area contributed by atoms with Crippen molar-refractivity contribution in [1.82, 2.24) is 0 Å². The highest BCUT2D eigenvalue weighted by atomic mass is 35.5. The second-order valence-corrected chi connectivity index (χ2v) is 3.92. The molecule has 0 bridgehead atoms. The number of aromatic hydroxyl groups is 1. The number of halogens is 1. The average Bonchev–Trinajstić information content (AvgIpc) is 2.28. The smallest absolute Gasteiger partial charge is 0.115 e. The SMILES string of the molecule is Cc1cccc(C)c1Cl.Oc1ccccc1. The lowest BCUT2D eigenvalue weighted by Crippen LogP contribution is -1.77. The zero-order valence-corrected chi connectivity index (χ0v) is 10.2. The van der Waals surface area contributed by atoms with Gasteiger partial charge in [0.25, 0.3) is 0 Å². The van der Waals surface area contributed by atoms with Crippen LogP contribution in [0.4, 0.5) is 0 Å². The van der Waals surface area contributed by atoms with Gasteiger partial charge in [-0.3, -0.25) is 0 Å². The van der Waals surface area contributed by atoms with E-state index in [0.29, 0.717) is 5.75 Å². The quantitative estimate of drug-likeness (QED) is 0.719. The van der Waals surface area contributed by atoms with Crippen LogP contribution in [-0.4, -0.2) is 5.11 Å². The molecule has 0 spiro atoms. The zero-order chi connectivity index (χ0) is 12.0. The van der Waals surface area contributed by atoms with Crippen LogP contribution in [0.2, 0.25) is 5.02 Å². The molecule has 0 aliphatic rings. The van der Waals surface area contributed by atoms with Crippen LogP contribution in [0, 0.1) is 13.8 Å². The lowest BCUT2D eigenvalue weighted by Gasteiger charge is -1.98. The number of phenols is 1. The Labute approximate surface area is 101 Å². The molecule has 0 heterocycles. The molecule has 2 rings (SSSR count). The van der Waals surface area contributed by atoms with Gasteiger partial charge >= 0.3 is 0 Å². The summed E-state index contributed by atoms with van der Waals surface area (Å²) in [4.78, 5) is 0. The maximum atomic E-state index is 8.63. The minimum absolute atomic E-state index is 0.322. The monoisotopic (exact) mass is 234 g/mol. The lowest BCUT2D eigenvalue weighted by molar-refractivity contribution is 0.475. The van der Waals surface area contributed by atoms with Gasteiger partial charge in [0, 0.05) is 5.02 Å². The summed E-state index contributed by atoms with van der Waals surface area (Å²) in [7, 11) is 0. The maximum absolute atomic E-state index is 8.63. The van der Waals surface area contributed by atoms with Crippen LogP contribution >= 0.6 is 11.6 Å². The first-order valence-corrected chi connectivity index (χ1v) is 5.45. The van der Waals surface area contributed by atoms with E-state index in [0.717, 1.165) is 16.1 Å². The molecule has 16 heavy (non-hydrogen) atoms. The molecular weight excluding hydrogens is 220 g/mol. The molecule has 0 saturated heterocycles. The lowest BCUT2D eigenvalue weighted by atomic mass is 10.2. The highest BCUT2D eigenvalue weighted by Crippen LogP contribution is 2.18. The fourth-order valence-corrected chi connectivity index (χ4v) is 1.35. The number of hydrogen-bond acceptors (Lipinski definition) is 1. The van der Waals surface area contributed by atoms with Crippen molar-refractivity contribution in [3.05, 3.63) is 64.7 Å². The van der Waals surface area contributed by atoms with E-state index in [9.17, 15) is 0 Å². The molecule has 0 amide bonds. The van der Waals surface area contributed by atoms with Crippen molar-refractivity contribution >= 4 is 11.6 Å². The molecule has 0 atom stereocenters. The Bertz CT molecular complexity index is 417. The van der Waals surface area contributed by atoms with Crippen LogP contribution in [0.15, 0.2) is 48.5 Å². The summed E-state index contributed by atoms with van der Waals surface area (Å²) in [6.45, 7) is 4.02. The van der Waals surface area contributed by atoms with Gasteiger partial charge in [-0.1, -0.05) is 48.0 Å². The Morgan fingerprint density at radius 1 is 0.812 bits per heavy atom. The summed E-state index contributed by atoms with van der Waals surface area (Å²) in [5.74, 6) is 0.322. The molecule has 1 nitrogen and oxygen atoms in total. The topological polar surface area (TPSA) is 20.2 Å². The van der Waals surface area contributed by atoms with E-state index >= 15 is 0 Å². The molecule has 0 fully saturated rings. The minimum Gasteiger partial charge on any atom is -0.508 e. The van der Waals surface area contributed by atoms with Gasteiger partial charge in [-0.15, -0.1) is 0 Å². The molecule has 84 valence electrons. The van der Waals surface area contributed by atoms with Crippen molar-refractivity contribution in [2.75, 3.05) is 0 Å². The first kappa shape index (κ1) is 12.6. The Balaban J connectivity index is 0.000000165. The first-order chi connectivity index (χ1) is 7.61. The molecule has 2 aromatic carbocycles. The number of hydrogen-bond donors (Lipinski definition) is 1. The molecule has 0 aliphatic heterocycles. The summed E-state index contributed by atoms with van der Waals surface area (Å²) >= 11 is 5.88. The third-order valence-electron chi connectivity index (χ3n) is 2.14. The minimum atomic E-state index is 0.322. The van der Waals surface area contributed by atoms with Crippen LogP contribution in [0.25, 0.3) is 0 Å². The van der Waals surface area contributed by atoms with Gasteiger partial charge in [-0.05, 0) is 37.1 Å². The van der Waals surface area contributed by atoms with E-state index in [1.54, 1.807) is 24.3 Å². The van der Waals surface area contributed by atoms with Crippen LogP contribution in [0.5, 0.6) is 5.75 Å². The molecule has 0 aliphatic carbocycles. The van der Waals surface area contributed by atoms with Crippen LogP contribution in [0.1, 0.15) is 11.1 Å². The molecule has 0 radical (unpaired) electrons. The van der Waals surface area contributed by atoms with Gasteiger partial charge < -0.3 is 5.11 Å². The van der Waals surface area contributed by atoms with Crippen molar-refractivity contribution in [1.29, 1.82) is 0 Å². The standard InChI is InChI=1S/C8H9Cl.C6H6O/c1-6-4-3-5-7(2)8(6)9;7-6-4-2-1-3-5-6/h3-5H,1-2H3;1-5,7H. The van der Waals surface area contributed by atoms with Crippen molar-refractivity contribution in [3.8, 4) is 5.75 Å². The predicted molar refractivity (Wildman–Crippen MR) is 69.0 cm³/mol. The largest absolute Gasteiger partial charge is 0.508 e. The fourth-order valence-electron chi connectivity index (χ4n) is 1.22. The molecule has 2 heteroatoms. The van der Waals surface area contributed by atoms with Crippen molar-refractivity contribution < 1.29 is 5.11 Å². The van der Waals surface area contributed by atoms with Crippen molar-refractivity contribution in [3.63, 3.8) is 0 Å². The first-order valence-electron chi connectivity index (χ1n) is 5.07. The number of rotatable bonds is 0. The fraction of sp³-hybridized carbons (Fsp3) is 0.143. The van der Waals surface area contributed by atoms with Gasteiger partial charge in [-0.25, -0.2) is 0 Å². The normalized spacial score (nSPS) is 9.19. The Morgan fingerprint density at radius 3 is 1.62 bits per heavy atom. The van der Waals surface area contributed by atoms with Crippen molar-refractivity contribution in [2.24, 2.45) is 0 Å². The van der Waals surface area contributed by atoms with Crippen LogP contribution in [0.3, 0.4) is 0 Å². The third kappa shape index (κ3) is 3.95. The van der Waals surface area contributed by atoms with E-state index in [2.05, 4.69) is 0 Å². The van der Waals surface area contributed by atoms with Gasteiger partial charge in [0.15, 0.2) is 0 Å². The molecule has 1 N–H and O–H groups in total. The van der Waals surface area contributed by atoms with E-state index in [-0.39, 0.29) is 0 Å². The number of para-hydroxylation sites is 1. The van der Waals surface area contributed by atoms with Crippen molar-refractivity contribution in [2.45, 2.75) is 13.8 Å². The van der Waals surface area contributed by atoms with Gasteiger partial charge in [0.2, 0.25) is 0 Å². The molecular formula is C14H15ClO. The van der Waals surface area contributed by atoms with Crippen LogP contribution in [-0.2, 0) is 0 Å². The van der Waals surface area contributed by atoms with Gasteiger partial charge in [0.05, 0.1) is 0 Å². The summed E-state index contributed by atoms with van der Waals surface area (Å²) in [6, 6.07) is 14.7. The second kappa shape index (κ2) is 6.19. The maximum Gasteiger partial charge on any atom is 0.115 e. The third-order valence-corrected chi connectivity index (χ3v) is 2.74. The highest BCUT2D eigenvalue weighted by Gasteiger charge is 1.94. The number of phenolic OH excluding ortho intramolecular Hbond substituents is 1. The van der Waals surface area contributed by atoms with Crippen LogP contribution < -0.4 is 0 Å². The number of aryl methyl sites for hydroxylation is 2. The average molecular weight is 235 g/mol. The summed E-state index contributed by atoms with van der Waals surface area (Å²) in [6.07, 6.45) is 0. The Morgan fingerprint density at radius 2 is 1.31 bits per heavy atom. The zero-order valence-electron chi connectivity index (χ0n) is 9.44. The molecule has 2 aromatic rings. The summed E-state index contributed by atoms with van der Waals surface area (Å²) in [5.41, 5.74) is 2.30. The molecule has 0 unspecified atom stereocenters. The van der Waals surface area contributed by atoms with E-state index < -0.39 is 0 Å². The molecule has 0 saturated carbocycles. The van der Waals surface area contributed by atoms with E-state index in [1.807, 2.05) is 38.1 Å². The predicted octanol–water partition coefficient (Wildman–Crippen LogP) is 4.35. The Hall–Kier alpha value is -1.47. The summed E-state index contributed by atoms with van der Waals surface area (Å²) < 4.78 is 0. The highest BCUT2D eigenvalue weighted by molar-refractivity contribution is 6.32.